The fraction of sp³-hybridized carbons (Fsp3) is 0.158. The van der Waals surface area contributed by atoms with Crippen LogP contribution in [0.2, 0.25) is 0 Å². The van der Waals surface area contributed by atoms with Crippen LogP contribution in [0, 0.1) is 0 Å². The molecule has 0 fully saturated rings. The number of benzene rings is 1. The molecule has 0 bridgehead atoms. The van der Waals surface area contributed by atoms with E-state index in [1.54, 1.807) is 30.5 Å². The number of anilines is 2. The molecule has 2 aromatic heterocycles. The van der Waals surface area contributed by atoms with Gasteiger partial charge in [-0.3, -0.25) is 9.78 Å². The molecule has 0 aliphatic carbocycles. The van der Waals surface area contributed by atoms with Crippen LogP contribution in [-0.4, -0.2) is 34.1 Å². The van der Waals surface area contributed by atoms with E-state index in [1.807, 2.05) is 18.2 Å². The van der Waals surface area contributed by atoms with Gasteiger partial charge in [0, 0.05) is 24.1 Å². The van der Waals surface area contributed by atoms with E-state index in [4.69, 9.17) is 9.47 Å². The van der Waals surface area contributed by atoms with Crippen LogP contribution in [-0.2, 0) is 6.54 Å². The van der Waals surface area contributed by atoms with Crippen LogP contribution in [0.25, 0.3) is 0 Å². The molecule has 2 N–H and O–H groups in total. The topological polar surface area (TPSA) is 98.3 Å². The molecule has 1 aliphatic rings. The highest BCUT2D eigenvalue weighted by molar-refractivity contribution is 6.03. The van der Waals surface area contributed by atoms with Gasteiger partial charge < -0.3 is 20.1 Å². The molecule has 0 radical (unpaired) electrons. The number of amides is 1. The summed E-state index contributed by atoms with van der Waals surface area (Å²) in [5.74, 6) is 1.30. The van der Waals surface area contributed by atoms with Gasteiger partial charge >= 0.3 is 0 Å². The zero-order valence-electron chi connectivity index (χ0n) is 14.4. The number of fused-ring (bicyclic) bond motifs is 1. The maximum atomic E-state index is 12.5. The van der Waals surface area contributed by atoms with Gasteiger partial charge in [0.15, 0.2) is 11.5 Å². The Kier molecular flexibility index (Phi) is 4.78. The normalized spacial score (nSPS) is 12.3. The van der Waals surface area contributed by atoms with E-state index in [1.165, 1.54) is 6.20 Å². The first-order valence-corrected chi connectivity index (χ1v) is 8.46. The maximum Gasteiger partial charge on any atom is 0.274 e. The van der Waals surface area contributed by atoms with Crippen molar-refractivity contribution in [2.24, 2.45) is 0 Å². The van der Waals surface area contributed by atoms with E-state index >= 15 is 0 Å². The second-order valence-corrected chi connectivity index (χ2v) is 5.75. The second-order valence-electron chi connectivity index (χ2n) is 5.75. The molecule has 3 heterocycles. The predicted molar refractivity (Wildman–Crippen MR) is 99.0 cm³/mol. The number of hydrogen-bond acceptors (Lipinski definition) is 7. The Morgan fingerprint density at radius 3 is 2.74 bits per heavy atom. The summed E-state index contributed by atoms with van der Waals surface area (Å²) in [5.41, 5.74) is 1.71. The SMILES string of the molecule is O=C(Nc1ccc2c(c1)OCCO2)c1ccnc(NCc2ccccn2)n1. The molecule has 1 aliphatic heterocycles. The third-order valence-corrected chi connectivity index (χ3v) is 3.84. The standard InChI is InChI=1S/C19H17N5O3/c25-18(23-13-4-5-16-17(11-13)27-10-9-26-16)15-6-8-21-19(24-15)22-12-14-3-1-2-7-20-14/h1-8,11H,9-10,12H2,(H,23,25)(H,21,22,24). The van der Waals surface area contributed by atoms with Crippen molar-refractivity contribution in [1.82, 2.24) is 15.0 Å². The lowest BCUT2D eigenvalue weighted by Gasteiger charge is -2.19. The molecule has 0 atom stereocenters. The predicted octanol–water partition coefficient (Wildman–Crippen LogP) is 2.51. The molecule has 136 valence electrons. The number of carbonyl (C=O) groups is 1. The number of rotatable bonds is 5. The van der Waals surface area contributed by atoms with Crippen LogP contribution in [0.15, 0.2) is 54.9 Å². The smallest absolute Gasteiger partial charge is 0.274 e. The summed E-state index contributed by atoms with van der Waals surface area (Å²) in [6, 6.07) is 12.5. The van der Waals surface area contributed by atoms with E-state index in [2.05, 4.69) is 25.6 Å². The molecule has 3 aromatic rings. The summed E-state index contributed by atoms with van der Waals surface area (Å²) in [6.45, 7) is 1.48. The Hall–Kier alpha value is -3.68. The van der Waals surface area contributed by atoms with Gasteiger partial charge in [0.05, 0.1) is 12.2 Å². The number of ether oxygens (including phenoxy) is 2. The number of nitrogens with one attached hydrogen (secondary N) is 2. The molecule has 1 aromatic carbocycles. The fourth-order valence-corrected chi connectivity index (χ4v) is 2.56. The van der Waals surface area contributed by atoms with Crippen LogP contribution < -0.4 is 20.1 Å². The average molecular weight is 363 g/mol. The Balaban J connectivity index is 1.43. The molecule has 8 nitrogen and oxygen atoms in total. The second kappa shape index (κ2) is 7.69. The lowest BCUT2D eigenvalue weighted by Crippen LogP contribution is -2.17. The monoisotopic (exact) mass is 363 g/mol. The van der Waals surface area contributed by atoms with Crippen molar-refractivity contribution >= 4 is 17.5 Å². The Morgan fingerprint density at radius 2 is 1.89 bits per heavy atom. The summed E-state index contributed by atoms with van der Waals surface area (Å²) in [4.78, 5) is 25.1. The van der Waals surface area contributed by atoms with Gasteiger partial charge in [0.1, 0.15) is 18.9 Å². The van der Waals surface area contributed by atoms with E-state index in [0.717, 1.165) is 5.69 Å². The summed E-state index contributed by atoms with van der Waals surface area (Å²) in [6.07, 6.45) is 3.25. The van der Waals surface area contributed by atoms with Crippen LogP contribution in [0.4, 0.5) is 11.6 Å². The molecule has 1 amide bonds. The molecular weight excluding hydrogens is 346 g/mol. The minimum Gasteiger partial charge on any atom is -0.486 e. The molecule has 0 saturated carbocycles. The van der Waals surface area contributed by atoms with Crippen molar-refractivity contribution in [3.05, 3.63) is 66.2 Å². The molecular formula is C19H17N5O3. The fourth-order valence-electron chi connectivity index (χ4n) is 2.56. The lowest BCUT2D eigenvalue weighted by molar-refractivity contribution is 0.102. The van der Waals surface area contributed by atoms with Crippen molar-refractivity contribution in [2.75, 3.05) is 23.8 Å². The van der Waals surface area contributed by atoms with Crippen molar-refractivity contribution in [3.63, 3.8) is 0 Å². The highest BCUT2D eigenvalue weighted by Gasteiger charge is 2.14. The van der Waals surface area contributed by atoms with E-state index in [-0.39, 0.29) is 11.6 Å². The quantitative estimate of drug-likeness (QED) is 0.719. The van der Waals surface area contributed by atoms with Gasteiger partial charge in [-0.05, 0) is 30.3 Å². The van der Waals surface area contributed by atoms with Crippen LogP contribution in [0.3, 0.4) is 0 Å². The highest BCUT2D eigenvalue weighted by atomic mass is 16.6. The minimum atomic E-state index is -0.338. The maximum absolute atomic E-state index is 12.5. The Labute approximate surface area is 155 Å². The van der Waals surface area contributed by atoms with Crippen LogP contribution >= 0.6 is 0 Å². The molecule has 8 heteroatoms. The highest BCUT2D eigenvalue weighted by Crippen LogP contribution is 2.32. The van der Waals surface area contributed by atoms with Gasteiger partial charge in [-0.2, -0.15) is 0 Å². The van der Waals surface area contributed by atoms with Crippen molar-refractivity contribution < 1.29 is 14.3 Å². The van der Waals surface area contributed by atoms with Gasteiger partial charge in [-0.25, -0.2) is 9.97 Å². The number of carbonyl (C=O) groups excluding carboxylic acids is 1. The summed E-state index contributed by atoms with van der Waals surface area (Å²) >= 11 is 0. The van der Waals surface area contributed by atoms with E-state index in [9.17, 15) is 4.79 Å². The lowest BCUT2D eigenvalue weighted by atomic mass is 10.2. The van der Waals surface area contributed by atoms with E-state index < -0.39 is 0 Å². The zero-order valence-corrected chi connectivity index (χ0v) is 14.4. The largest absolute Gasteiger partial charge is 0.486 e. The minimum absolute atomic E-state index is 0.253. The molecule has 0 spiro atoms. The Morgan fingerprint density at radius 1 is 1.00 bits per heavy atom. The number of aromatic nitrogens is 3. The number of hydrogen-bond donors (Lipinski definition) is 2. The summed E-state index contributed by atoms with van der Waals surface area (Å²) in [5, 5.41) is 5.86. The van der Waals surface area contributed by atoms with Gasteiger partial charge in [0.2, 0.25) is 5.95 Å². The molecule has 0 saturated heterocycles. The third-order valence-electron chi connectivity index (χ3n) is 3.84. The third kappa shape index (κ3) is 4.12. The number of pyridine rings is 1. The summed E-state index contributed by atoms with van der Waals surface area (Å²) in [7, 11) is 0. The van der Waals surface area contributed by atoms with Crippen molar-refractivity contribution in [1.29, 1.82) is 0 Å². The summed E-state index contributed by atoms with van der Waals surface area (Å²) < 4.78 is 11.0. The van der Waals surface area contributed by atoms with Crippen molar-refractivity contribution in [3.8, 4) is 11.5 Å². The van der Waals surface area contributed by atoms with Crippen LogP contribution in [0.5, 0.6) is 11.5 Å². The van der Waals surface area contributed by atoms with Gasteiger partial charge in [-0.15, -0.1) is 0 Å². The first-order valence-electron chi connectivity index (χ1n) is 8.46. The van der Waals surface area contributed by atoms with Gasteiger partial charge in [0.25, 0.3) is 5.91 Å². The van der Waals surface area contributed by atoms with E-state index in [0.29, 0.717) is 42.9 Å². The first-order chi connectivity index (χ1) is 13.3. The van der Waals surface area contributed by atoms with Gasteiger partial charge in [-0.1, -0.05) is 6.07 Å². The first kappa shape index (κ1) is 16.8. The molecule has 27 heavy (non-hydrogen) atoms. The molecule has 4 rings (SSSR count). The van der Waals surface area contributed by atoms with Crippen LogP contribution in [0.1, 0.15) is 16.2 Å². The average Bonchev–Trinajstić information content (AvgIpc) is 2.73. The van der Waals surface area contributed by atoms with Crippen molar-refractivity contribution in [2.45, 2.75) is 6.54 Å². The molecule has 0 unspecified atom stereocenters. The zero-order chi connectivity index (χ0) is 18.5. The number of nitrogens with zero attached hydrogens (tertiary/aromatic N) is 3. The Bertz CT molecular complexity index is 949.